The summed E-state index contributed by atoms with van der Waals surface area (Å²) in [6.45, 7) is 6.29. The summed E-state index contributed by atoms with van der Waals surface area (Å²) in [5.41, 5.74) is 0. The van der Waals surface area contributed by atoms with Crippen LogP contribution in [0.25, 0.3) is 0 Å². The molecule has 0 saturated carbocycles. The van der Waals surface area contributed by atoms with Crippen LogP contribution in [-0.2, 0) is 28.6 Å². The molecule has 0 fully saturated rings. The Bertz CT molecular complexity index is 1230. The van der Waals surface area contributed by atoms with Crippen molar-refractivity contribution in [2.24, 2.45) is 0 Å². The Morgan fingerprint density at radius 1 is 0.367 bits per heavy atom. The number of carbonyl (C=O) groups excluding carboxylic acids is 3. The first-order valence-corrected chi connectivity index (χ1v) is 24.2. The van der Waals surface area contributed by atoms with Crippen LogP contribution in [-0.4, -0.2) is 37.2 Å². The SMILES string of the molecule is CC/C=C\C/C=C\C/C=C\C/C=C\C/C=C\CC(=O)OCC(COC(=O)CCCCCCCCCCCCCC)OC(=O)CCCCCCC/C=C\C/C=C\C/C=C\CC. The number of hydrogen-bond acceptors (Lipinski definition) is 6. The maximum absolute atomic E-state index is 12.8. The summed E-state index contributed by atoms with van der Waals surface area (Å²) >= 11 is 0. The Morgan fingerprint density at radius 3 is 1.17 bits per heavy atom. The lowest BCUT2D eigenvalue weighted by atomic mass is 10.0. The van der Waals surface area contributed by atoms with Crippen molar-refractivity contribution < 1.29 is 28.6 Å². The predicted octanol–water partition coefficient (Wildman–Crippen LogP) is 15.8. The van der Waals surface area contributed by atoms with E-state index in [0.29, 0.717) is 6.42 Å². The second kappa shape index (κ2) is 48.0. The standard InChI is InChI=1S/C54H88O6/c1-4-7-10-13-16-19-22-25-27-29-32-35-38-41-44-47-53(56)59-50-51(49-58-52(55)46-43-40-37-34-31-24-21-18-15-12-9-6-3)60-54(57)48-45-42-39-36-33-30-28-26-23-20-17-14-11-8-5-2/h7-8,10-11,16-17,19-20,25-28,32,35,41,44,51H,4-6,9,12-15,18,21-24,29-31,33-34,36-40,42-43,45-50H2,1-3H3/b10-7-,11-8-,19-16-,20-17-,27-25-,28-26-,35-32-,44-41-. The van der Waals surface area contributed by atoms with Gasteiger partial charge in [-0.25, -0.2) is 0 Å². The van der Waals surface area contributed by atoms with Crippen LogP contribution in [0.1, 0.15) is 207 Å². The second-order valence-electron chi connectivity index (χ2n) is 15.6. The molecule has 0 amide bonds. The number of carbonyl (C=O) groups is 3. The lowest BCUT2D eigenvalue weighted by molar-refractivity contribution is -0.166. The summed E-state index contributed by atoms with van der Waals surface area (Å²) in [4.78, 5) is 37.8. The Balaban J connectivity index is 4.55. The molecule has 0 aliphatic heterocycles. The molecular formula is C54H88O6. The summed E-state index contributed by atoms with van der Waals surface area (Å²) < 4.78 is 16.6. The van der Waals surface area contributed by atoms with Crippen molar-refractivity contribution >= 4 is 17.9 Å². The molecule has 0 aromatic rings. The molecule has 340 valence electrons. The van der Waals surface area contributed by atoms with Gasteiger partial charge >= 0.3 is 17.9 Å². The molecule has 1 unspecified atom stereocenters. The van der Waals surface area contributed by atoms with Crippen molar-refractivity contribution in [1.29, 1.82) is 0 Å². The zero-order valence-corrected chi connectivity index (χ0v) is 38.7. The number of esters is 3. The average Bonchev–Trinajstić information content (AvgIpc) is 3.24. The number of ether oxygens (including phenoxy) is 3. The highest BCUT2D eigenvalue weighted by Crippen LogP contribution is 2.14. The van der Waals surface area contributed by atoms with Gasteiger partial charge in [-0.15, -0.1) is 0 Å². The molecule has 0 saturated heterocycles. The van der Waals surface area contributed by atoms with E-state index in [1.807, 2.05) is 6.08 Å². The first-order chi connectivity index (χ1) is 29.5. The van der Waals surface area contributed by atoms with Gasteiger partial charge in [0, 0.05) is 12.8 Å². The van der Waals surface area contributed by atoms with Crippen molar-refractivity contribution in [3.05, 3.63) is 97.2 Å². The Morgan fingerprint density at radius 2 is 0.717 bits per heavy atom. The number of rotatable bonds is 42. The van der Waals surface area contributed by atoms with Crippen LogP contribution in [0.3, 0.4) is 0 Å². The molecule has 6 heteroatoms. The van der Waals surface area contributed by atoms with Gasteiger partial charge in [0.05, 0.1) is 6.42 Å². The van der Waals surface area contributed by atoms with Gasteiger partial charge in [-0.2, -0.15) is 0 Å². The first kappa shape index (κ1) is 56.3. The van der Waals surface area contributed by atoms with E-state index in [4.69, 9.17) is 14.2 Å². The highest BCUT2D eigenvalue weighted by molar-refractivity contribution is 5.72. The lowest BCUT2D eigenvalue weighted by Crippen LogP contribution is -2.30. The zero-order valence-electron chi connectivity index (χ0n) is 38.7. The summed E-state index contributed by atoms with van der Waals surface area (Å²) in [7, 11) is 0. The largest absolute Gasteiger partial charge is 0.462 e. The Labute approximate surface area is 368 Å². The third-order valence-corrected chi connectivity index (χ3v) is 9.87. The molecule has 0 bridgehead atoms. The summed E-state index contributed by atoms with van der Waals surface area (Å²) in [6, 6.07) is 0. The number of unbranched alkanes of at least 4 members (excludes halogenated alkanes) is 16. The molecule has 0 aromatic carbocycles. The van der Waals surface area contributed by atoms with Gasteiger partial charge in [0.1, 0.15) is 13.2 Å². The zero-order chi connectivity index (χ0) is 43.7. The third-order valence-electron chi connectivity index (χ3n) is 9.87. The van der Waals surface area contributed by atoms with Crippen molar-refractivity contribution in [3.63, 3.8) is 0 Å². The molecular weight excluding hydrogens is 745 g/mol. The molecule has 0 N–H and O–H groups in total. The van der Waals surface area contributed by atoms with E-state index in [1.54, 1.807) is 6.08 Å². The highest BCUT2D eigenvalue weighted by Gasteiger charge is 2.19. The quantitative estimate of drug-likeness (QED) is 0.0264. The smallest absolute Gasteiger partial charge is 0.309 e. The van der Waals surface area contributed by atoms with Gasteiger partial charge in [0.15, 0.2) is 6.10 Å². The topological polar surface area (TPSA) is 78.9 Å². The molecule has 0 spiro atoms. The molecule has 0 aliphatic rings. The Hall–Kier alpha value is -3.67. The van der Waals surface area contributed by atoms with Gasteiger partial charge in [0.25, 0.3) is 0 Å². The molecule has 0 aromatic heterocycles. The lowest BCUT2D eigenvalue weighted by Gasteiger charge is -2.18. The molecule has 6 nitrogen and oxygen atoms in total. The van der Waals surface area contributed by atoms with Crippen molar-refractivity contribution in [3.8, 4) is 0 Å². The van der Waals surface area contributed by atoms with E-state index in [-0.39, 0.29) is 38.0 Å². The van der Waals surface area contributed by atoms with Crippen molar-refractivity contribution in [1.82, 2.24) is 0 Å². The number of hydrogen-bond donors (Lipinski definition) is 0. The van der Waals surface area contributed by atoms with E-state index >= 15 is 0 Å². The third kappa shape index (κ3) is 45.4. The van der Waals surface area contributed by atoms with Crippen molar-refractivity contribution in [2.75, 3.05) is 13.2 Å². The van der Waals surface area contributed by atoms with Gasteiger partial charge < -0.3 is 14.2 Å². The first-order valence-electron chi connectivity index (χ1n) is 24.2. The fourth-order valence-corrected chi connectivity index (χ4v) is 6.29. The minimum absolute atomic E-state index is 0.114. The van der Waals surface area contributed by atoms with E-state index in [9.17, 15) is 14.4 Å². The molecule has 60 heavy (non-hydrogen) atoms. The van der Waals surface area contributed by atoms with Crippen molar-refractivity contribution in [2.45, 2.75) is 213 Å². The van der Waals surface area contributed by atoms with Crippen LogP contribution in [0.4, 0.5) is 0 Å². The van der Waals surface area contributed by atoms with Crippen LogP contribution in [0.2, 0.25) is 0 Å². The fourth-order valence-electron chi connectivity index (χ4n) is 6.29. The highest BCUT2D eigenvalue weighted by atomic mass is 16.6. The van der Waals surface area contributed by atoms with E-state index in [0.717, 1.165) is 109 Å². The van der Waals surface area contributed by atoms with Gasteiger partial charge in [-0.05, 0) is 77.0 Å². The van der Waals surface area contributed by atoms with Gasteiger partial charge in [-0.1, -0.05) is 208 Å². The van der Waals surface area contributed by atoms with E-state index in [2.05, 4.69) is 106 Å². The average molecular weight is 833 g/mol. The molecule has 1 atom stereocenters. The van der Waals surface area contributed by atoms with Crippen LogP contribution < -0.4 is 0 Å². The fraction of sp³-hybridized carbons (Fsp3) is 0.648. The molecule has 0 aliphatic carbocycles. The van der Waals surface area contributed by atoms with Crippen LogP contribution in [0, 0.1) is 0 Å². The Kier molecular flexibility index (Phi) is 45.1. The predicted molar refractivity (Wildman–Crippen MR) is 256 cm³/mol. The minimum atomic E-state index is -0.824. The maximum Gasteiger partial charge on any atom is 0.309 e. The van der Waals surface area contributed by atoms with E-state index in [1.165, 1.54) is 57.8 Å². The van der Waals surface area contributed by atoms with Crippen LogP contribution in [0.5, 0.6) is 0 Å². The second-order valence-corrected chi connectivity index (χ2v) is 15.6. The van der Waals surface area contributed by atoms with Crippen LogP contribution >= 0.6 is 0 Å². The summed E-state index contributed by atoms with van der Waals surface area (Å²) in [5.74, 6) is -1.07. The molecule has 0 heterocycles. The van der Waals surface area contributed by atoms with Gasteiger partial charge in [0.2, 0.25) is 0 Å². The van der Waals surface area contributed by atoms with Crippen LogP contribution in [0.15, 0.2) is 97.2 Å². The maximum atomic E-state index is 12.8. The minimum Gasteiger partial charge on any atom is -0.462 e. The molecule has 0 radical (unpaired) electrons. The summed E-state index contributed by atoms with van der Waals surface area (Å²) in [6.07, 6.45) is 62.7. The summed E-state index contributed by atoms with van der Waals surface area (Å²) in [5, 5.41) is 0. The number of allylic oxidation sites excluding steroid dienone is 15. The monoisotopic (exact) mass is 833 g/mol. The van der Waals surface area contributed by atoms with Gasteiger partial charge in [-0.3, -0.25) is 14.4 Å². The molecule has 0 rings (SSSR count). The normalized spacial score (nSPS) is 12.9. The van der Waals surface area contributed by atoms with E-state index < -0.39 is 12.1 Å².